The second-order valence-electron chi connectivity index (χ2n) is 3.56. The number of aromatic nitrogens is 1. The summed E-state index contributed by atoms with van der Waals surface area (Å²) >= 11 is 0.544. The van der Waals surface area contributed by atoms with Gasteiger partial charge in [-0.15, -0.1) is 0 Å². The smallest absolute Gasteiger partial charge is 0.288 e. The molecule has 0 amide bonds. The Balaban J connectivity index is 2.22. The minimum atomic E-state index is -2.39. The molecular formula is C13H12F2N2S. The van der Waals surface area contributed by atoms with E-state index in [0.29, 0.717) is 16.7 Å². The van der Waals surface area contributed by atoms with Crippen molar-refractivity contribution in [1.82, 2.24) is 4.98 Å². The van der Waals surface area contributed by atoms with Crippen molar-refractivity contribution < 1.29 is 8.78 Å². The minimum Gasteiger partial charge on any atom is -0.373 e. The molecule has 94 valence electrons. The molecule has 0 saturated carbocycles. The summed E-state index contributed by atoms with van der Waals surface area (Å²) in [5.74, 6) is -1.61. The molecule has 18 heavy (non-hydrogen) atoms. The Hall–Kier alpha value is -1.62. The molecule has 2 rings (SSSR count). The normalized spacial score (nSPS) is 10.7. The molecule has 0 aliphatic rings. The van der Waals surface area contributed by atoms with E-state index in [4.69, 9.17) is 0 Å². The maximum atomic E-state index is 12.2. The van der Waals surface area contributed by atoms with Crippen molar-refractivity contribution in [3.8, 4) is 11.3 Å². The van der Waals surface area contributed by atoms with Gasteiger partial charge in [0.15, 0.2) is 0 Å². The van der Waals surface area contributed by atoms with E-state index in [1.54, 1.807) is 31.3 Å². The highest BCUT2D eigenvalue weighted by Gasteiger charge is 2.06. The number of nitrogens with one attached hydrogen (secondary N) is 1. The van der Waals surface area contributed by atoms with Crippen LogP contribution in [0.2, 0.25) is 0 Å². The van der Waals surface area contributed by atoms with E-state index >= 15 is 0 Å². The Kier molecular flexibility index (Phi) is 4.15. The number of alkyl halides is 2. The molecule has 0 fully saturated rings. The lowest BCUT2D eigenvalue weighted by Gasteiger charge is -2.05. The number of nitrogens with zero attached hydrogens (tertiary/aromatic N) is 1. The molecule has 0 aliphatic heterocycles. The number of pyridine rings is 1. The highest BCUT2D eigenvalue weighted by Crippen LogP contribution is 2.27. The van der Waals surface area contributed by atoms with Crippen LogP contribution >= 0.6 is 11.8 Å². The van der Waals surface area contributed by atoms with Gasteiger partial charge in [0, 0.05) is 17.5 Å². The monoisotopic (exact) mass is 266 g/mol. The molecule has 1 N–H and O–H groups in total. The fourth-order valence-corrected chi connectivity index (χ4v) is 2.04. The number of benzene rings is 1. The van der Waals surface area contributed by atoms with Gasteiger partial charge in [-0.3, -0.25) is 0 Å². The second-order valence-corrected chi connectivity index (χ2v) is 4.62. The number of hydrogen-bond donors (Lipinski definition) is 1. The van der Waals surface area contributed by atoms with E-state index in [2.05, 4.69) is 10.3 Å². The molecule has 5 heteroatoms. The molecule has 0 atom stereocenters. The third-order valence-corrected chi connectivity index (χ3v) is 3.10. The van der Waals surface area contributed by atoms with Crippen molar-refractivity contribution in [2.45, 2.75) is 10.7 Å². The lowest BCUT2D eigenvalue weighted by atomic mass is 10.1. The summed E-state index contributed by atoms with van der Waals surface area (Å²) < 4.78 is 24.4. The van der Waals surface area contributed by atoms with Crippen LogP contribution in [0.1, 0.15) is 0 Å². The Morgan fingerprint density at radius 1 is 1.11 bits per heavy atom. The van der Waals surface area contributed by atoms with Gasteiger partial charge in [0.05, 0.1) is 5.69 Å². The van der Waals surface area contributed by atoms with Crippen molar-refractivity contribution in [2.24, 2.45) is 0 Å². The zero-order chi connectivity index (χ0) is 13.0. The molecule has 0 spiro atoms. The lowest BCUT2D eigenvalue weighted by Crippen LogP contribution is -1.93. The average molecular weight is 266 g/mol. The van der Waals surface area contributed by atoms with Gasteiger partial charge in [-0.1, -0.05) is 30.0 Å². The summed E-state index contributed by atoms with van der Waals surface area (Å²) in [6.07, 6.45) is 0. The molecule has 0 unspecified atom stereocenters. The fourth-order valence-electron chi connectivity index (χ4n) is 1.54. The van der Waals surface area contributed by atoms with Gasteiger partial charge < -0.3 is 5.32 Å². The molecule has 1 heterocycles. The van der Waals surface area contributed by atoms with Crippen LogP contribution in [-0.4, -0.2) is 17.8 Å². The van der Waals surface area contributed by atoms with E-state index in [1.807, 2.05) is 18.2 Å². The van der Waals surface area contributed by atoms with Crippen LogP contribution < -0.4 is 5.32 Å². The van der Waals surface area contributed by atoms with E-state index < -0.39 is 5.76 Å². The fraction of sp³-hybridized carbons (Fsp3) is 0.154. The molecule has 0 aliphatic carbocycles. The summed E-state index contributed by atoms with van der Waals surface area (Å²) in [5.41, 5.74) is 1.72. The van der Waals surface area contributed by atoms with Crippen molar-refractivity contribution >= 4 is 17.6 Å². The van der Waals surface area contributed by atoms with Gasteiger partial charge >= 0.3 is 0 Å². The van der Waals surface area contributed by atoms with E-state index in [0.717, 1.165) is 17.1 Å². The summed E-state index contributed by atoms with van der Waals surface area (Å²) in [6.45, 7) is 0. The first-order valence-corrected chi connectivity index (χ1v) is 6.27. The van der Waals surface area contributed by atoms with Crippen LogP contribution in [0.3, 0.4) is 0 Å². The zero-order valence-electron chi connectivity index (χ0n) is 9.73. The molecule has 0 saturated heterocycles. The van der Waals surface area contributed by atoms with Gasteiger partial charge in [0.1, 0.15) is 5.82 Å². The predicted octanol–water partition coefficient (Wildman–Crippen LogP) is 4.11. The van der Waals surface area contributed by atoms with Crippen LogP contribution in [0.4, 0.5) is 14.6 Å². The molecule has 0 radical (unpaired) electrons. The van der Waals surface area contributed by atoms with E-state index in [-0.39, 0.29) is 0 Å². The largest absolute Gasteiger partial charge is 0.373 e. The summed E-state index contributed by atoms with van der Waals surface area (Å²) in [7, 11) is 1.80. The maximum absolute atomic E-state index is 12.2. The van der Waals surface area contributed by atoms with Gasteiger partial charge in [0.2, 0.25) is 0 Å². The van der Waals surface area contributed by atoms with Gasteiger partial charge in [-0.2, -0.15) is 8.78 Å². The highest BCUT2D eigenvalue weighted by atomic mass is 32.2. The Bertz CT molecular complexity index is 515. The van der Waals surface area contributed by atoms with Crippen molar-refractivity contribution in [3.05, 3.63) is 42.5 Å². The Labute approximate surface area is 108 Å². The third-order valence-electron chi connectivity index (χ3n) is 2.38. The maximum Gasteiger partial charge on any atom is 0.288 e. The van der Waals surface area contributed by atoms with E-state index in [1.165, 1.54) is 0 Å². The third kappa shape index (κ3) is 3.20. The number of rotatable bonds is 4. The van der Waals surface area contributed by atoms with Crippen LogP contribution in [0, 0.1) is 0 Å². The Morgan fingerprint density at radius 3 is 2.44 bits per heavy atom. The first kappa shape index (κ1) is 12.8. The van der Waals surface area contributed by atoms with Gasteiger partial charge in [-0.25, -0.2) is 4.98 Å². The Morgan fingerprint density at radius 2 is 1.83 bits per heavy atom. The molecule has 1 aromatic heterocycles. The summed E-state index contributed by atoms with van der Waals surface area (Å²) in [5, 5.41) is 2.96. The van der Waals surface area contributed by atoms with Crippen molar-refractivity contribution in [3.63, 3.8) is 0 Å². The van der Waals surface area contributed by atoms with Crippen LogP contribution in [0.25, 0.3) is 11.3 Å². The summed E-state index contributed by atoms with van der Waals surface area (Å²) in [6, 6.07) is 12.6. The van der Waals surface area contributed by atoms with Crippen molar-refractivity contribution in [1.29, 1.82) is 0 Å². The second kappa shape index (κ2) is 5.82. The van der Waals surface area contributed by atoms with Crippen molar-refractivity contribution in [2.75, 3.05) is 12.4 Å². The quantitative estimate of drug-likeness (QED) is 0.843. The highest BCUT2D eigenvalue weighted by molar-refractivity contribution is 7.99. The van der Waals surface area contributed by atoms with Crippen LogP contribution in [0.15, 0.2) is 47.4 Å². The standard InChI is InChI=1S/C13H12F2N2S/c1-16-12-4-2-3-11(17-12)9-5-7-10(8-6-9)18-13(14)15/h2-8,13H,1H3,(H,16,17). The lowest BCUT2D eigenvalue weighted by molar-refractivity contribution is 0.252. The molecule has 2 nitrogen and oxygen atoms in total. The summed E-state index contributed by atoms with van der Waals surface area (Å²) in [4.78, 5) is 4.94. The average Bonchev–Trinajstić information content (AvgIpc) is 2.39. The van der Waals surface area contributed by atoms with Crippen LogP contribution in [-0.2, 0) is 0 Å². The molecule has 1 aromatic carbocycles. The predicted molar refractivity (Wildman–Crippen MR) is 71.1 cm³/mol. The van der Waals surface area contributed by atoms with Gasteiger partial charge in [-0.05, 0) is 24.3 Å². The topological polar surface area (TPSA) is 24.9 Å². The van der Waals surface area contributed by atoms with E-state index in [9.17, 15) is 8.78 Å². The number of hydrogen-bond acceptors (Lipinski definition) is 3. The minimum absolute atomic E-state index is 0.544. The van der Waals surface area contributed by atoms with Crippen LogP contribution in [0.5, 0.6) is 0 Å². The zero-order valence-corrected chi connectivity index (χ0v) is 10.5. The number of anilines is 1. The van der Waals surface area contributed by atoms with Gasteiger partial charge in [0.25, 0.3) is 5.76 Å². The molecule has 2 aromatic rings. The first-order chi connectivity index (χ1) is 8.69. The SMILES string of the molecule is CNc1cccc(-c2ccc(SC(F)F)cc2)n1. The molecule has 0 bridgehead atoms. The number of thioether (sulfide) groups is 1. The first-order valence-electron chi connectivity index (χ1n) is 5.39. The number of halogens is 2. The molecular weight excluding hydrogens is 254 g/mol.